The van der Waals surface area contributed by atoms with Gasteiger partial charge in [0.05, 0.1) is 11.3 Å². The zero-order valence-corrected chi connectivity index (χ0v) is 9.40. The molecule has 0 aliphatic carbocycles. The number of carbonyl (C=O) groups is 1. The first-order chi connectivity index (χ1) is 7.38. The fourth-order valence-electron chi connectivity index (χ4n) is 1.19. The van der Waals surface area contributed by atoms with Crippen molar-refractivity contribution in [1.29, 1.82) is 0 Å². The molecule has 0 atom stereocenters. The van der Waals surface area contributed by atoms with E-state index in [4.69, 9.17) is 5.11 Å². The number of aromatic carboxylic acids is 1. The van der Waals surface area contributed by atoms with E-state index in [1.165, 1.54) is 6.07 Å². The Morgan fingerprint density at radius 2 is 2.19 bits per heavy atom. The topological polar surface area (TPSA) is 82.5 Å². The van der Waals surface area contributed by atoms with Crippen LogP contribution in [0.15, 0.2) is 18.2 Å². The van der Waals surface area contributed by atoms with E-state index in [9.17, 15) is 9.90 Å². The molecule has 0 aromatic carbocycles. The van der Waals surface area contributed by atoms with Crippen LogP contribution in [-0.2, 0) is 6.54 Å². The highest BCUT2D eigenvalue weighted by Crippen LogP contribution is 2.01. The van der Waals surface area contributed by atoms with E-state index in [2.05, 4.69) is 10.3 Å². The van der Waals surface area contributed by atoms with Crippen LogP contribution < -0.4 is 5.32 Å². The number of aliphatic hydroxyl groups is 1. The molecule has 1 heterocycles. The van der Waals surface area contributed by atoms with Crippen LogP contribution in [0.1, 0.15) is 30.0 Å². The lowest BCUT2D eigenvalue weighted by Gasteiger charge is -2.17. The summed E-state index contributed by atoms with van der Waals surface area (Å²) in [5, 5.41) is 21.2. The molecule has 0 saturated heterocycles. The minimum Gasteiger partial charge on any atom is -0.477 e. The van der Waals surface area contributed by atoms with Crippen LogP contribution >= 0.6 is 0 Å². The Balaban J connectivity index is 2.55. The maximum atomic E-state index is 10.7. The Morgan fingerprint density at radius 1 is 1.50 bits per heavy atom. The van der Waals surface area contributed by atoms with Crippen molar-refractivity contribution in [1.82, 2.24) is 10.3 Å². The number of hydrogen-bond donors (Lipinski definition) is 3. The average molecular weight is 224 g/mol. The SMILES string of the molecule is CC(C)(O)CNCc1cccc(C(=O)O)n1. The Hall–Kier alpha value is -1.46. The first-order valence-corrected chi connectivity index (χ1v) is 5.01. The molecule has 0 saturated carbocycles. The molecule has 0 aliphatic rings. The van der Waals surface area contributed by atoms with Crippen LogP contribution in [0.3, 0.4) is 0 Å². The number of aromatic nitrogens is 1. The van der Waals surface area contributed by atoms with Gasteiger partial charge in [-0.3, -0.25) is 0 Å². The molecule has 5 nitrogen and oxygen atoms in total. The van der Waals surface area contributed by atoms with Gasteiger partial charge in [-0.1, -0.05) is 6.07 Å². The largest absolute Gasteiger partial charge is 0.477 e. The molecule has 0 radical (unpaired) electrons. The normalized spacial score (nSPS) is 11.4. The zero-order valence-electron chi connectivity index (χ0n) is 9.40. The summed E-state index contributed by atoms with van der Waals surface area (Å²) in [6.07, 6.45) is 0. The molecule has 0 spiro atoms. The molecule has 0 aliphatic heterocycles. The zero-order chi connectivity index (χ0) is 12.2. The van der Waals surface area contributed by atoms with E-state index >= 15 is 0 Å². The number of rotatable bonds is 5. The Bertz CT molecular complexity index is 372. The number of hydrogen-bond acceptors (Lipinski definition) is 4. The first-order valence-electron chi connectivity index (χ1n) is 5.01. The third-order valence-corrected chi connectivity index (χ3v) is 1.89. The Morgan fingerprint density at radius 3 is 2.75 bits per heavy atom. The molecule has 1 aromatic rings. The van der Waals surface area contributed by atoms with Crippen molar-refractivity contribution < 1.29 is 15.0 Å². The van der Waals surface area contributed by atoms with E-state index in [0.29, 0.717) is 18.8 Å². The van der Waals surface area contributed by atoms with Crippen molar-refractivity contribution in [2.75, 3.05) is 6.54 Å². The smallest absolute Gasteiger partial charge is 0.354 e. The molecule has 1 aromatic heterocycles. The molecule has 0 unspecified atom stereocenters. The number of carboxylic acids is 1. The minimum atomic E-state index is -1.04. The molecular weight excluding hydrogens is 208 g/mol. The van der Waals surface area contributed by atoms with Crippen molar-refractivity contribution in [2.45, 2.75) is 26.0 Å². The highest BCUT2D eigenvalue weighted by atomic mass is 16.4. The summed E-state index contributed by atoms with van der Waals surface area (Å²) in [6, 6.07) is 4.84. The lowest BCUT2D eigenvalue weighted by Crippen LogP contribution is -2.34. The van der Waals surface area contributed by atoms with E-state index in [1.54, 1.807) is 26.0 Å². The van der Waals surface area contributed by atoms with Crippen molar-refractivity contribution in [3.05, 3.63) is 29.6 Å². The summed E-state index contributed by atoms with van der Waals surface area (Å²) in [7, 11) is 0. The van der Waals surface area contributed by atoms with Crippen molar-refractivity contribution in [3.8, 4) is 0 Å². The second-order valence-corrected chi connectivity index (χ2v) is 4.24. The fraction of sp³-hybridized carbons (Fsp3) is 0.455. The van der Waals surface area contributed by atoms with Gasteiger partial charge in [0.2, 0.25) is 0 Å². The quantitative estimate of drug-likeness (QED) is 0.683. The monoisotopic (exact) mass is 224 g/mol. The van der Waals surface area contributed by atoms with E-state index < -0.39 is 11.6 Å². The van der Waals surface area contributed by atoms with Crippen LogP contribution in [0, 0.1) is 0 Å². The van der Waals surface area contributed by atoms with Gasteiger partial charge in [-0.05, 0) is 26.0 Å². The van der Waals surface area contributed by atoms with Crippen LogP contribution in [0.25, 0.3) is 0 Å². The van der Waals surface area contributed by atoms with Gasteiger partial charge in [0.1, 0.15) is 5.69 Å². The van der Waals surface area contributed by atoms with Gasteiger partial charge in [-0.2, -0.15) is 0 Å². The summed E-state index contributed by atoms with van der Waals surface area (Å²) < 4.78 is 0. The summed E-state index contributed by atoms with van der Waals surface area (Å²) >= 11 is 0. The number of carboxylic acid groups (broad SMARTS) is 1. The predicted octanol–water partition coefficient (Wildman–Crippen LogP) is 0.640. The van der Waals surface area contributed by atoms with Crippen LogP contribution in [0.4, 0.5) is 0 Å². The Kier molecular flexibility index (Phi) is 3.98. The highest BCUT2D eigenvalue weighted by Gasteiger charge is 2.11. The van der Waals surface area contributed by atoms with Crippen molar-refractivity contribution >= 4 is 5.97 Å². The second-order valence-electron chi connectivity index (χ2n) is 4.24. The molecule has 5 heteroatoms. The van der Waals surface area contributed by atoms with E-state index in [1.807, 2.05) is 0 Å². The van der Waals surface area contributed by atoms with Crippen LogP contribution in [-0.4, -0.2) is 33.3 Å². The molecule has 0 fully saturated rings. The van der Waals surface area contributed by atoms with Crippen LogP contribution in [0.2, 0.25) is 0 Å². The van der Waals surface area contributed by atoms with Gasteiger partial charge in [-0.15, -0.1) is 0 Å². The number of pyridine rings is 1. The molecule has 1 rings (SSSR count). The Labute approximate surface area is 94.1 Å². The molecule has 88 valence electrons. The molecule has 16 heavy (non-hydrogen) atoms. The highest BCUT2D eigenvalue weighted by molar-refractivity contribution is 5.85. The van der Waals surface area contributed by atoms with Crippen molar-refractivity contribution in [3.63, 3.8) is 0 Å². The van der Waals surface area contributed by atoms with Gasteiger partial charge in [0.25, 0.3) is 0 Å². The summed E-state index contributed by atoms with van der Waals surface area (Å²) in [4.78, 5) is 14.6. The first kappa shape index (κ1) is 12.6. The summed E-state index contributed by atoms with van der Waals surface area (Å²) in [6.45, 7) is 4.25. The van der Waals surface area contributed by atoms with Crippen molar-refractivity contribution in [2.24, 2.45) is 0 Å². The summed E-state index contributed by atoms with van der Waals surface area (Å²) in [5.74, 6) is -1.04. The average Bonchev–Trinajstić information content (AvgIpc) is 2.16. The number of nitrogens with zero attached hydrogens (tertiary/aromatic N) is 1. The van der Waals surface area contributed by atoms with Gasteiger partial charge in [0, 0.05) is 13.1 Å². The predicted molar refractivity (Wildman–Crippen MR) is 59.2 cm³/mol. The standard InChI is InChI=1S/C11H16N2O3/c1-11(2,16)7-12-6-8-4-3-5-9(13-8)10(14)15/h3-5,12,16H,6-7H2,1-2H3,(H,14,15). The van der Waals surface area contributed by atoms with Gasteiger partial charge >= 0.3 is 5.97 Å². The molecule has 0 bridgehead atoms. The summed E-state index contributed by atoms with van der Waals surface area (Å²) in [5.41, 5.74) is -0.114. The maximum absolute atomic E-state index is 10.7. The fourth-order valence-corrected chi connectivity index (χ4v) is 1.19. The van der Waals surface area contributed by atoms with E-state index in [0.717, 1.165) is 0 Å². The van der Waals surface area contributed by atoms with Gasteiger partial charge in [-0.25, -0.2) is 9.78 Å². The lowest BCUT2D eigenvalue weighted by atomic mass is 10.1. The van der Waals surface area contributed by atoms with Gasteiger partial charge < -0.3 is 15.5 Å². The molecule has 0 amide bonds. The second kappa shape index (κ2) is 5.05. The number of nitrogens with one attached hydrogen (secondary N) is 1. The molecule has 3 N–H and O–H groups in total. The van der Waals surface area contributed by atoms with Gasteiger partial charge in [0.15, 0.2) is 0 Å². The lowest BCUT2D eigenvalue weighted by molar-refractivity contribution is 0.0688. The third-order valence-electron chi connectivity index (χ3n) is 1.89. The van der Waals surface area contributed by atoms with E-state index in [-0.39, 0.29) is 5.69 Å². The third kappa shape index (κ3) is 4.37. The maximum Gasteiger partial charge on any atom is 0.354 e. The minimum absolute atomic E-state index is 0.0301. The van der Waals surface area contributed by atoms with Crippen LogP contribution in [0.5, 0.6) is 0 Å². The molecular formula is C11H16N2O3.